The van der Waals surface area contributed by atoms with E-state index in [1.807, 2.05) is 0 Å². The third-order valence-electron chi connectivity index (χ3n) is 2.52. The summed E-state index contributed by atoms with van der Waals surface area (Å²) in [5.41, 5.74) is 1.83. The Labute approximate surface area is 135 Å². The molecule has 1 aromatic heterocycles. The molecular weight excluding hydrogens is 417 g/mol. The van der Waals surface area contributed by atoms with Crippen molar-refractivity contribution in [3.8, 4) is 0 Å². The third-order valence-corrected chi connectivity index (χ3v) is 3.84. The minimum Gasteiger partial charge on any atom is -0.338 e. The van der Waals surface area contributed by atoms with Gasteiger partial charge in [-0.2, -0.15) is 13.2 Å². The van der Waals surface area contributed by atoms with E-state index in [2.05, 4.69) is 47.6 Å². The molecule has 1 aromatic carbocycles. The summed E-state index contributed by atoms with van der Waals surface area (Å²) in [5.74, 6) is 5.09. The van der Waals surface area contributed by atoms with Gasteiger partial charge >= 0.3 is 6.18 Å². The second-order valence-electron chi connectivity index (χ2n) is 3.99. The SMILES string of the molecule is NNc1cc(C(F)(F)F)cc(Nc2c(Br)cccc2Br)n1. The Morgan fingerprint density at radius 2 is 1.62 bits per heavy atom. The van der Waals surface area contributed by atoms with Crippen molar-refractivity contribution in [2.24, 2.45) is 5.84 Å². The number of aromatic nitrogens is 1. The molecule has 0 radical (unpaired) electrons. The van der Waals surface area contributed by atoms with E-state index in [4.69, 9.17) is 5.84 Å². The molecule has 21 heavy (non-hydrogen) atoms. The number of nitrogens with one attached hydrogen (secondary N) is 2. The number of nitrogens with two attached hydrogens (primary N) is 1. The number of pyridine rings is 1. The number of nitrogens with zero attached hydrogens (tertiary/aromatic N) is 1. The van der Waals surface area contributed by atoms with Gasteiger partial charge in [-0.1, -0.05) is 6.07 Å². The Morgan fingerprint density at radius 1 is 1.05 bits per heavy atom. The molecule has 4 nitrogen and oxygen atoms in total. The molecule has 0 saturated heterocycles. The van der Waals surface area contributed by atoms with Crippen LogP contribution in [0.3, 0.4) is 0 Å². The largest absolute Gasteiger partial charge is 0.416 e. The summed E-state index contributed by atoms with van der Waals surface area (Å²) in [6.45, 7) is 0. The van der Waals surface area contributed by atoms with Crippen LogP contribution in [0.15, 0.2) is 39.3 Å². The van der Waals surface area contributed by atoms with Gasteiger partial charge < -0.3 is 10.7 Å². The highest BCUT2D eigenvalue weighted by Crippen LogP contribution is 2.35. The predicted octanol–water partition coefficient (Wildman–Crippen LogP) is 4.65. The van der Waals surface area contributed by atoms with Crippen molar-refractivity contribution in [2.75, 3.05) is 10.7 Å². The van der Waals surface area contributed by atoms with Crippen molar-refractivity contribution in [3.63, 3.8) is 0 Å². The van der Waals surface area contributed by atoms with E-state index in [0.29, 0.717) is 14.6 Å². The van der Waals surface area contributed by atoms with Crippen LogP contribution in [0, 0.1) is 0 Å². The van der Waals surface area contributed by atoms with Gasteiger partial charge in [-0.05, 0) is 56.1 Å². The molecule has 0 bridgehead atoms. The lowest BCUT2D eigenvalue weighted by molar-refractivity contribution is -0.137. The summed E-state index contributed by atoms with van der Waals surface area (Å²) in [6, 6.07) is 7.03. The van der Waals surface area contributed by atoms with Crippen LogP contribution < -0.4 is 16.6 Å². The Bertz CT molecular complexity index is 641. The maximum Gasteiger partial charge on any atom is 0.416 e. The zero-order valence-electron chi connectivity index (χ0n) is 10.3. The number of nitrogen functional groups attached to an aromatic ring is 1. The van der Waals surface area contributed by atoms with Crippen LogP contribution in [0.2, 0.25) is 0 Å². The van der Waals surface area contributed by atoms with Gasteiger partial charge in [0, 0.05) is 8.95 Å². The van der Waals surface area contributed by atoms with E-state index in [1.165, 1.54) is 0 Å². The van der Waals surface area contributed by atoms with Crippen LogP contribution in [0.5, 0.6) is 0 Å². The minimum atomic E-state index is -4.49. The van der Waals surface area contributed by atoms with Gasteiger partial charge in [-0.3, -0.25) is 0 Å². The predicted molar refractivity (Wildman–Crippen MR) is 82.2 cm³/mol. The first kappa shape index (κ1) is 16.1. The molecule has 4 N–H and O–H groups in total. The van der Waals surface area contributed by atoms with E-state index in [9.17, 15) is 13.2 Å². The summed E-state index contributed by atoms with van der Waals surface area (Å²) >= 11 is 6.63. The van der Waals surface area contributed by atoms with Crippen molar-refractivity contribution in [1.29, 1.82) is 0 Å². The number of hydrogen-bond donors (Lipinski definition) is 3. The van der Waals surface area contributed by atoms with Crippen molar-refractivity contribution in [1.82, 2.24) is 4.98 Å². The normalized spacial score (nSPS) is 11.3. The molecule has 2 aromatic rings. The van der Waals surface area contributed by atoms with Gasteiger partial charge in [0.1, 0.15) is 11.6 Å². The second kappa shape index (κ2) is 6.20. The number of anilines is 3. The van der Waals surface area contributed by atoms with Crippen molar-refractivity contribution < 1.29 is 13.2 Å². The Kier molecular flexibility index (Phi) is 4.74. The molecule has 0 spiro atoms. The van der Waals surface area contributed by atoms with Crippen molar-refractivity contribution >= 4 is 49.2 Å². The summed E-state index contributed by atoms with van der Waals surface area (Å²) in [4.78, 5) is 3.95. The quantitative estimate of drug-likeness (QED) is 0.494. The number of benzene rings is 1. The molecular formula is C12H9Br2F3N4. The van der Waals surface area contributed by atoms with Gasteiger partial charge in [0.05, 0.1) is 11.3 Å². The van der Waals surface area contributed by atoms with Gasteiger partial charge in [0.2, 0.25) is 0 Å². The number of hydrogen-bond acceptors (Lipinski definition) is 4. The summed E-state index contributed by atoms with van der Waals surface area (Å²) in [6.07, 6.45) is -4.49. The van der Waals surface area contributed by atoms with Crippen LogP contribution in [-0.2, 0) is 6.18 Å². The molecule has 0 aliphatic heterocycles. The monoisotopic (exact) mass is 424 g/mol. The first-order valence-electron chi connectivity index (χ1n) is 5.58. The lowest BCUT2D eigenvalue weighted by Gasteiger charge is -2.14. The molecule has 0 atom stereocenters. The first-order chi connectivity index (χ1) is 9.81. The Balaban J connectivity index is 2.45. The summed E-state index contributed by atoms with van der Waals surface area (Å²) in [5, 5.41) is 2.83. The average Bonchev–Trinajstić information content (AvgIpc) is 2.42. The maximum absolute atomic E-state index is 12.8. The van der Waals surface area contributed by atoms with Crippen LogP contribution in [0.1, 0.15) is 5.56 Å². The maximum atomic E-state index is 12.8. The highest BCUT2D eigenvalue weighted by Gasteiger charge is 2.31. The first-order valence-corrected chi connectivity index (χ1v) is 7.17. The molecule has 1 heterocycles. The molecule has 9 heteroatoms. The second-order valence-corrected chi connectivity index (χ2v) is 5.70. The molecule has 0 fully saturated rings. The summed E-state index contributed by atoms with van der Waals surface area (Å²) in [7, 11) is 0. The fourth-order valence-electron chi connectivity index (χ4n) is 1.58. The molecule has 0 amide bonds. The van der Waals surface area contributed by atoms with Crippen LogP contribution >= 0.6 is 31.9 Å². The van der Waals surface area contributed by atoms with Crippen molar-refractivity contribution in [3.05, 3.63) is 44.8 Å². The number of hydrazine groups is 1. The molecule has 2 rings (SSSR count). The fourth-order valence-corrected chi connectivity index (χ4v) is 2.77. The zero-order chi connectivity index (χ0) is 15.6. The highest BCUT2D eigenvalue weighted by atomic mass is 79.9. The highest BCUT2D eigenvalue weighted by molar-refractivity contribution is 9.11. The van der Waals surface area contributed by atoms with Gasteiger partial charge in [-0.15, -0.1) is 0 Å². The Hall–Kier alpha value is -1.32. The van der Waals surface area contributed by atoms with Crippen molar-refractivity contribution in [2.45, 2.75) is 6.18 Å². The standard InChI is InChI=1S/C12H9Br2F3N4/c13-7-2-1-3-8(14)11(7)20-9-4-6(12(15,16)17)5-10(19-9)21-18/h1-5H,18H2,(H2,19,20,21). The molecule has 0 saturated carbocycles. The lowest BCUT2D eigenvalue weighted by Crippen LogP contribution is -2.13. The van der Waals surface area contributed by atoms with Crippen LogP contribution in [-0.4, -0.2) is 4.98 Å². The topological polar surface area (TPSA) is 63.0 Å². The van der Waals surface area contributed by atoms with E-state index in [0.717, 1.165) is 12.1 Å². The fraction of sp³-hybridized carbons (Fsp3) is 0.0833. The molecule has 0 aliphatic carbocycles. The molecule has 0 aliphatic rings. The van der Waals surface area contributed by atoms with Crippen LogP contribution in [0.25, 0.3) is 0 Å². The Morgan fingerprint density at radius 3 is 2.14 bits per heavy atom. The number of rotatable bonds is 3. The molecule has 112 valence electrons. The zero-order valence-corrected chi connectivity index (χ0v) is 13.5. The van der Waals surface area contributed by atoms with E-state index >= 15 is 0 Å². The lowest BCUT2D eigenvalue weighted by atomic mass is 10.2. The van der Waals surface area contributed by atoms with E-state index < -0.39 is 11.7 Å². The minimum absolute atomic E-state index is 0.0189. The molecule has 0 unspecified atom stereocenters. The van der Waals surface area contributed by atoms with Gasteiger partial charge in [0.25, 0.3) is 0 Å². The number of para-hydroxylation sites is 1. The van der Waals surface area contributed by atoms with E-state index in [-0.39, 0.29) is 11.6 Å². The van der Waals surface area contributed by atoms with Gasteiger partial charge in [0.15, 0.2) is 0 Å². The van der Waals surface area contributed by atoms with Gasteiger partial charge in [-0.25, -0.2) is 10.8 Å². The average molecular weight is 426 g/mol. The van der Waals surface area contributed by atoms with E-state index in [1.54, 1.807) is 18.2 Å². The number of alkyl halides is 3. The van der Waals surface area contributed by atoms with Crippen LogP contribution in [0.4, 0.5) is 30.5 Å². The summed E-state index contributed by atoms with van der Waals surface area (Å²) < 4.78 is 39.9. The number of halogens is 5. The smallest absolute Gasteiger partial charge is 0.338 e. The third kappa shape index (κ3) is 3.86.